The number of hydrogen-bond donors (Lipinski definition) is 0. The van der Waals surface area contributed by atoms with Crippen LogP contribution in [0.25, 0.3) is 0 Å². The summed E-state index contributed by atoms with van der Waals surface area (Å²) in [6.45, 7) is 6.77. The molecule has 100 valence electrons. The summed E-state index contributed by atoms with van der Waals surface area (Å²) >= 11 is 3.47. The monoisotopic (exact) mass is 310 g/mol. The number of hydrogen-bond acceptors (Lipinski definition) is 2. The maximum absolute atomic E-state index is 4.70. The molecule has 1 aromatic rings. The predicted octanol–water partition coefficient (Wildman–Crippen LogP) is 4.61. The molecule has 1 aromatic heterocycles. The van der Waals surface area contributed by atoms with Gasteiger partial charge in [0.25, 0.3) is 0 Å². The molecule has 0 bridgehead atoms. The van der Waals surface area contributed by atoms with Crippen molar-refractivity contribution in [3.63, 3.8) is 0 Å². The number of rotatable bonds is 3. The van der Waals surface area contributed by atoms with Crippen LogP contribution < -0.4 is 0 Å². The highest BCUT2D eigenvalue weighted by molar-refractivity contribution is 9.08. The van der Waals surface area contributed by atoms with Gasteiger partial charge >= 0.3 is 0 Å². The molecule has 0 saturated heterocycles. The Morgan fingerprint density at radius 3 is 2.44 bits per heavy atom. The molecule has 2 nitrogen and oxygen atoms in total. The Balaban J connectivity index is 2.03. The number of halogens is 1. The number of nitrogens with zero attached hydrogens (tertiary/aromatic N) is 2. The van der Waals surface area contributed by atoms with E-state index in [4.69, 9.17) is 4.98 Å². The van der Waals surface area contributed by atoms with Crippen molar-refractivity contribution in [2.45, 2.75) is 57.7 Å². The van der Waals surface area contributed by atoms with E-state index in [0.29, 0.717) is 5.92 Å². The van der Waals surface area contributed by atoms with Crippen molar-refractivity contribution in [3.05, 3.63) is 23.3 Å². The van der Waals surface area contributed by atoms with Crippen LogP contribution in [0.3, 0.4) is 0 Å². The summed E-state index contributed by atoms with van der Waals surface area (Å²) in [5.41, 5.74) is 2.33. The summed E-state index contributed by atoms with van der Waals surface area (Å²) in [4.78, 5) is 9.26. The normalized spacial score (nSPS) is 24.5. The Kier molecular flexibility index (Phi) is 4.77. The van der Waals surface area contributed by atoms with Gasteiger partial charge in [-0.1, -0.05) is 29.8 Å². The predicted molar refractivity (Wildman–Crippen MR) is 78.9 cm³/mol. The lowest BCUT2D eigenvalue weighted by Crippen LogP contribution is -2.19. The van der Waals surface area contributed by atoms with Crippen molar-refractivity contribution in [1.29, 1.82) is 0 Å². The lowest BCUT2D eigenvalue weighted by molar-refractivity contribution is 0.254. The zero-order chi connectivity index (χ0) is 13.1. The Labute approximate surface area is 119 Å². The Hall–Kier alpha value is -0.440. The molecule has 0 radical (unpaired) electrons. The minimum atomic E-state index is 0.586. The molecule has 3 heteroatoms. The van der Waals surface area contributed by atoms with Crippen LogP contribution in [-0.2, 0) is 5.33 Å². The molecule has 0 N–H and O–H groups in total. The summed E-state index contributed by atoms with van der Waals surface area (Å²) in [5.74, 6) is 3.39. The van der Waals surface area contributed by atoms with Gasteiger partial charge in [-0.3, -0.25) is 0 Å². The van der Waals surface area contributed by atoms with Gasteiger partial charge in [-0.25, -0.2) is 9.97 Å². The van der Waals surface area contributed by atoms with Gasteiger partial charge in [0, 0.05) is 28.7 Å². The number of aromatic nitrogens is 2. The number of aryl methyl sites for hydroxylation is 1. The second kappa shape index (κ2) is 6.14. The third kappa shape index (κ3) is 3.11. The summed E-state index contributed by atoms with van der Waals surface area (Å²) in [7, 11) is 0. The van der Waals surface area contributed by atoms with Gasteiger partial charge in [-0.15, -0.1) is 0 Å². The van der Waals surface area contributed by atoms with Gasteiger partial charge in [0.05, 0.1) is 0 Å². The lowest BCUT2D eigenvalue weighted by Gasteiger charge is -2.30. The molecule has 1 aliphatic rings. The van der Waals surface area contributed by atoms with Crippen LogP contribution >= 0.6 is 15.9 Å². The topological polar surface area (TPSA) is 25.8 Å². The first kappa shape index (κ1) is 14.0. The SMILES string of the molecule is Cc1nc(C2CCC(C(C)C)CC2)ncc1CBr. The first-order chi connectivity index (χ1) is 8.61. The molecule has 0 amide bonds. The zero-order valence-corrected chi connectivity index (χ0v) is 13.2. The largest absolute Gasteiger partial charge is 0.241 e. The smallest absolute Gasteiger partial charge is 0.131 e. The fourth-order valence-corrected chi connectivity index (χ4v) is 3.43. The molecule has 0 aliphatic heterocycles. The highest BCUT2D eigenvalue weighted by atomic mass is 79.9. The van der Waals surface area contributed by atoms with Gasteiger partial charge < -0.3 is 0 Å². The minimum absolute atomic E-state index is 0.586. The van der Waals surface area contributed by atoms with E-state index >= 15 is 0 Å². The van der Waals surface area contributed by atoms with Gasteiger partial charge in [0.2, 0.25) is 0 Å². The van der Waals surface area contributed by atoms with Gasteiger partial charge in [-0.05, 0) is 44.4 Å². The summed E-state index contributed by atoms with van der Waals surface area (Å²) in [5, 5.41) is 0.846. The quantitative estimate of drug-likeness (QED) is 0.762. The van der Waals surface area contributed by atoms with Crippen LogP contribution in [0.4, 0.5) is 0 Å². The number of alkyl halides is 1. The second-order valence-electron chi connectivity index (χ2n) is 5.83. The summed E-state index contributed by atoms with van der Waals surface area (Å²) < 4.78 is 0. The third-order valence-corrected chi connectivity index (χ3v) is 4.93. The highest BCUT2D eigenvalue weighted by Crippen LogP contribution is 2.37. The van der Waals surface area contributed by atoms with Crippen molar-refractivity contribution < 1.29 is 0 Å². The third-order valence-electron chi connectivity index (χ3n) is 4.32. The maximum Gasteiger partial charge on any atom is 0.131 e. The maximum atomic E-state index is 4.70. The van der Waals surface area contributed by atoms with E-state index in [2.05, 4.69) is 41.7 Å². The van der Waals surface area contributed by atoms with Crippen LogP contribution in [0.15, 0.2) is 6.20 Å². The summed E-state index contributed by atoms with van der Waals surface area (Å²) in [6, 6.07) is 0. The second-order valence-corrected chi connectivity index (χ2v) is 6.39. The molecule has 0 unspecified atom stereocenters. The van der Waals surface area contributed by atoms with Crippen LogP contribution in [-0.4, -0.2) is 9.97 Å². The van der Waals surface area contributed by atoms with E-state index in [1.807, 2.05) is 6.20 Å². The van der Waals surface area contributed by atoms with Crippen molar-refractivity contribution in [2.24, 2.45) is 11.8 Å². The molecule has 1 heterocycles. The van der Waals surface area contributed by atoms with Crippen LogP contribution in [0, 0.1) is 18.8 Å². The van der Waals surface area contributed by atoms with Gasteiger partial charge in [-0.2, -0.15) is 0 Å². The fourth-order valence-electron chi connectivity index (χ4n) is 2.88. The van der Waals surface area contributed by atoms with Gasteiger partial charge in [0.15, 0.2) is 0 Å². The Morgan fingerprint density at radius 1 is 1.28 bits per heavy atom. The minimum Gasteiger partial charge on any atom is -0.241 e. The first-order valence-electron chi connectivity index (χ1n) is 7.00. The van der Waals surface area contributed by atoms with Crippen molar-refractivity contribution in [2.75, 3.05) is 0 Å². The average Bonchev–Trinajstić information content (AvgIpc) is 2.38. The van der Waals surface area contributed by atoms with Crippen LogP contribution in [0.5, 0.6) is 0 Å². The first-order valence-corrected chi connectivity index (χ1v) is 8.12. The molecule has 0 spiro atoms. The molecule has 2 rings (SSSR count). The van der Waals surface area contributed by atoms with E-state index < -0.39 is 0 Å². The highest BCUT2D eigenvalue weighted by Gasteiger charge is 2.25. The van der Waals surface area contributed by atoms with E-state index in [0.717, 1.165) is 28.7 Å². The van der Waals surface area contributed by atoms with Gasteiger partial charge in [0.1, 0.15) is 5.82 Å². The molecular weight excluding hydrogens is 288 g/mol. The molecular formula is C15H23BrN2. The van der Waals surface area contributed by atoms with Crippen molar-refractivity contribution >= 4 is 15.9 Å². The molecule has 0 aromatic carbocycles. The zero-order valence-electron chi connectivity index (χ0n) is 11.6. The molecule has 18 heavy (non-hydrogen) atoms. The van der Waals surface area contributed by atoms with Crippen LogP contribution in [0.1, 0.15) is 62.5 Å². The Bertz CT molecular complexity index is 395. The fraction of sp³-hybridized carbons (Fsp3) is 0.733. The molecule has 0 atom stereocenters. The molecule has 1 aliphatic carbocycles. The summed E-state index contributed by atoms with van der Waals surface area (Å²) in [6.07, 6.45) is 7.18. The van der Waals surface area contributed by atoms with E-state index in [1.54, 1.807) is 0 Å². The van der Waals surface area contributed by atoms with E-state index in [9.17, 15) is 0 Å². The van der Waals surface area contributed by atoms with Crippen LogP contribution in [0.2, 0.25) is 0 Å². The van der Waals surface area contributed by atoms with Crippen molar-refractivity contribution in [1.82, 2.24) is 9.97 Å². The standard InChI is InChI=1S/C15H23BrN2/c1-10(2)12-4-6-13(7-5-12)15-17-9-14(8-16)11(3)18-15/h9-10,12-13H,4-8H2,1-3H3. The molecule has 1 fully saturated rings. The average molecular weight is 311 g/mol. The van der Waals surface area contributed by atoms with Crippen molar-refractivity contribution in [3.8, 4) is 0 Å². The Morgan fingerprint density at radius 2 is 1.94 bits per heavy atom. The van der Waals surface area contributed by atoms with E-state index in [1.165, 1.54) is 31.2 Å². The lowest BCUT2D eigenvalue weighted by atomic mass is 9.76. The molecule has 1 saturated carbocycles. The van der Waals surface area contributed by atoms with E-state index in [-0.39, 0.29) is 0 Å².